The van der Waals surface area contributed by atoms with E-state index in [0.29, 0.717) is 19.4 Å². The van der Waals surface area contributed by atoms with Crippen molar-refractivity contribution in [2.24, 2.45) is 22.8 Å². The number of nitrogens with zero attached hydrogens (tertiary/aromatic N) is 1. The Morgan fingerprint density at radius 1 is 1.30 bits per heavy atom. The van der Waals surface area contributed by atoms with Crippen LogP contribution < -0.4 is 11.5 Å². The number of hydrogen-bond acceptors (Lipinski definition) is 5. The summed E-state index contributed by atoms with van der Waals surface area (Å²) < 4.78 is 43.0. The standard InChI is InChI=1S/C18H22F3N3O3/c1-27-16(26)17-7-13(22)6-12(17)8-24(9-17)15(25)14(23)10-2-4-11(5-3-10)18(19,20)21/h2-5,12-14H,6-9,22-23H2,1H3/t12-,13+,14?,17-/m0/s1. The minimum atomic E-state index is -4.45. The molecule has 6 nitrogen and oxygen atoms in total. The van der Waals surface area contributed by atoms with Crippen molar-refractivity contribution in [1.29, 1.82) is 0 Å². The molecule has 0 radical (unpaired) electrons. The Kier molecular flexibility index (Phi) is 4.94. The van der Waals surface area contributed by atoms with Crippen molar-refractivity contribution in [1.82, 2.24) is 4.90 Å². The lowest BCUT2D eigenvalue weighted by Crippen LogP contribution is -2.42. The molecule has 1 saturated carbocycles. The summed E-state index contributed by atoms with van der Waals surface area (Å²) in [5.41, 5.74) is 10.6. The third kappa shape index (κ3) is 3.41. The number of carbonyl (C=O) groups is 2. The van der Waals surface area contributed by atoms with Gasteiger partial charge in [-0.2, -0.15) is 13.2 Å². The van der Waals surface area contributed by atoms with Crippen LogP contribution in [-0.4, -0.2) is 43.0 Å². The van der Waals surface area contributed by atoms with Crippen LogP contribution in [0.15, 0.2) is 24.3 Å². The first-order valence-corrected chi connectivity index (χ1v) is 8.64. The van der Waals surface area contributed by atoms with E-state index in [1.54, 1.807) is 0 Å². The number of amides is 1. The first kappa shape index (κ1) is 19.6. The Hall–Kier alpha value is -2.13. The maximum atomic E-state index is 12.8. The maximum absolute atomic E-state index is 12.8. The van der Waals surface area contributed by atoms with E-state index in [0.717, 1.165) is 12.1 Å². The zero-order valence-corrected chi connectivity index (χ0v) is 14.8. The van der Waals surface area contributed by atoms with Crippen molar-refractivity contribution in [2.45, 2.75) is 31.1 Å². The number of esters is 1. The van der Waals surface area contributed by atoms with Crippen molar-refractivity contribution < 1.29 is 27.5 Å². The van der Waals surface area contributed by atoms with Crippen molar-refractivity contribution >= 4 is 11.9 Å². The Balaban J connectivity index is 1.76. The molecule has 4 atom stereocenters. The molecule has 1 aliphatic carbocycles. The molecule has 27 heavy (non-hydrogen) atoms. The van der Waals surface area contributed by atoms with Crippen LogP contribution in [0.25, 0.3) is 0 Å². The zero-order valence-electron chi connectivity index (χ0n) is 14.8. The summed E-state index contributed by atoms with van der Waals surface area (Å²) in [6.45, 7) is 0.487. The van der Waals surface area contributed by atoms with Gasteiger partial charge in [0.2, 0.25) is 5.91 Å². The van der Waals surface area contributed by atoms with Gasteiger partial charge in [0.25, 0.3) is 0 Å². The summed E-state index contributed by atoms with van der Waals surface area (Å²) in [5.74, 6) is -0.927. The highest BCUT2D eigenvalue weighted by Crippen LogP contribution is 2.49. The van der Waals surface area contributed by atoms with Gasteiger partial charge in [0.1, 0.15) is 6.04 Å². The summed E-state index contributed by atoms with van der Waals surface area (Å²) in [6.07, 6.45) is -3.41. The predicted octanol–water partition coefficient (Wildman–Crippen LogP) is 1.44. The highest BCUT2D eigenvalue weighted by Gasteiger charge is 2.58. The molecule has 1 aliphatic heterocycles. The number of alkyl halides is 3. The van der Waals surface area contributed by atoms with Crippen LogP contribution >= 0.6 is 0 Å². The van der Waals surface area contributed by atoms with Crippen LogP contribution in [0.3, 0.4) is 0 Å². The van der Waals surface area contributed by atoms with Crippen molar-refractivity contribution in [3.63, 3.8) is 0 Å². The van der Waals surface area contributed by atoms with E-state index in [9.17, 15) is 22.8 Å². The molecular weight excluding hydrogens is 363 g/mol. The number of hydrogen-bond donors (Lipinski definition) is 2. The summed E-state index contributed by atoms with van der Waals surface area (Å²) in [6, 6.07) is 2.97. The fourth-order valence-corrected chi connectivity index (χ4v) is 4.33. The van der Waals surface area contributed by atoms with Gasteiger partial charge >= 0.3 is 12.1 Å². The molecule has 0 spiro atoms. The van der Waals surface area contributed by atoms with Crippen molar-refractivity contribution in [2.75, 3.05) is 20.2 Å². The van der Waals surface area contributed by atoms with Gasteiger partial charge in [-0.3, -0.25) is 9.59 Å². The van der Waals surface area contributed by atoms with Crippen LogP contribution in [0, 0.1) is 11.3 Å². The fraction of sp³-hybridized carbons (Fsp3) is 0.556. The third-order valence-corrected chi connectivity index (χ3v) is 5.68. The Bertz CT molecular complexity index is 738. The van der Waals surface area contributed by atoms with E-state index in [4.69, 9.17) is 16.2 Å². The molecule has 0 bridgehead atoms. The second-order valence-electron chi connectivity index (χ2n) is 7.36. The number of halogens is 3. The normalized spacial score (nSPS) is 28.7. The maximum Gasteiger partial charge on any atom is 0.416 e. The average Bonchev–Trinajstić information content (AvgIpc) is 3.12. The largest absolute Gasteiger partial charge is 0.469 e. The first-order chi connectivity index (χ1) is 12.6. The average molecular weight is 385 g/mol. The molecule has 9 heteroatoms. The van der Waals surface area contributed by atoms with Crippen LogP contribution in [0.1, 0.15) is 30.0 Å². The molecular formula is C18H22F3N3O3. The lowest BCUT2D eigenvalue weighted by atomic mass is 9.81. The molecule has 1 heterocycles. The van der Waals surface area contributed by atoms with Gasteiger partial charge in [-0.15, -0.1) is 0 Å². The van der Waals surface area contributed by atoms with Gasteiger partial charge in [-0.1, -0.05) is 12.1 Å². The molecule has 148 valence electrons. The highest BCUT2D eigenvalue weighted by atomic mass is 19.4. The van der Waals surface area contributed by atoms with E-state index in [1.807, 2.05) is 0 Å². The number of benzene rings is 1. The van der Waals surface area contributed by atoms with E-state index in [1.165, 1.54) is 24.1 Å². The van der Waals surface area contributed by atoms with Gasteiger partial charge in [-0.05, 0) is 36.5 Å². The molecule has 1 aromatic carbocycles. The smallest absolute Gasteiger partial charge is 0.416 e. The monoisotopic (exact) mass is 385 g/mol. The Morgan fingerprint density at radius 2 is 1.93 bits per heavy atom. The van der Waals surface area contributed by atoms with Crippen LogP contribution in [0.5, 0.6) is 0 Å². The SMILES string of the molecule is COC(=O)[C@]12C[C@H](N)C[C@H]1CN(C(=O)C(N)c1ccc(C(F)(F)F)cc1)C2. The molecule has 1 saturated heterocycles. The number of methoxy groups -OCH3 is 1. The second-order valence-corrected chi connectivity index (χ2v) is 7.36. The fourth-order valence-electron chi connectivity index (χ4n) is 4.33. The molecule has 0 aromatic heterocycles. The quantitative estimate of drug-likeness (QED) is 0.768. The zero-order chi connectivity index (χ0) is 20.0. The molecule has 1 unspecified atom stereocenters. The lowest BCUT2D eigenvalue weighted by molar-refractivity contribution is -0.153. The van der Waals surface area contributed by atoms with Gasteiger partial charge in [0.15, 0.2) is 0 Å². The van der Waals surface area contributed by atoms with Gasteiger partial charge in [0.05, 0.1) is 18.1 Å². The summed E-state index contributed by atoms with van der Waals surface area (Å²) >= 11 is 0. The molecule has 3 rings (SSSR count). The molecule has 1 amide bonds. The van der Waals surface area contributed by atoms with Gasteiger partial charge in [-0.25, -0.2) is 0 Å². The van der Waals surface area contributed by atoms with Gasteiger partial charge in [0, 0.05) is 19.1 Å². The van der Waals surface area contributed by atoms with Crippen LogP contribution in [0.2, 0.25) is 0 Å². The minimum absolute atomic E-state index is 0.108. The molecule has 4 N–H and O–H groups in total. The predicted molar refractivity (Wildman–Crippen MR) is 90.1 cm³/mol. The third-order valence-electron chi connectivity index (χ3n) is 5.68. The summed E-state index contributed by atoms with van der Waals surface area (Å²) in [5, 5.41) is 0. The van der Waals surface area contributed by atoms with Crippen molar-refractivity contribution in [3.8, 4) is 0 Å². The first-order valence-electron chi connectivity index (χ1n) is 8.64. The summed E-state index contributed by atoms with van der Waals surface area (Å²) in [7, 11) is 1.30. The second kappa shape index (κ2) is 6.79. The summed E-state index contributed by atoms with van der Waals surface area (Å²) in [4.78, 5) is 26.6. The highest BCUT2D eigenvalue weighted by molar-refractivity contribution is 5.86. The Labute approximate surface area is 154 Å². The Morgan fingerprint density at radius 3 is 2.48 bits per heavy atom. The molecule has 2 aliphatic rings. The number of fused-ring (bicyclic) bond motifs is 1. The van der Waals surface area contributed by atoms with E-state index >= 15 is 0 Å². The number of likely N-dealkylation sites (tertiary alicyclic amines) is 1. The van der Waals surface area contributed by atoms with Crippen LogP contribution in [0.4, 0.5) is 13.2 Å². The van der Waals surface area contributed by atoms with E-state index in [2.05, 4.69) is 0 Å². The van der Waals surface area contributed by atoms with Gasteiger partial charge < -0.3 is 21.1 Å². The number of rotatable bonds is 3. The topological polar surface area (TPSA) is 98.6 Å². The minimum Gasteiger partial charge on any atom is -0.469 e. The lowest BCUT2D eigenvalue weighted by Gasteiger charge is -2.27. The molecule has 2 fully saturated rings. The number of ether oxygens (including phenoxy) is 1. The number of nitrogens with two attached hydrogens (primary N) is 2. The van der Waals surface area contributed by atoms with E-state index < -0.39 is 29.1 Å². The van der Waals surface area contributed by atoms with E-state index in [-0.39, 0.29) is 30.0 Å². The van der Waals surface area contributed by atoms with Crippen molar-refractivity contribution in [3.05, 3.63) is 35.4 Å². The molecule has 1 aromatic rings. The van der Waals surface area contributed by atoms with Crippen LogP contribution in [-0.2, 0) is 20.5 Å². The number of carbonyl (C=O) groups excluding carboxylic acids is 2.